The lowest BCUT2D eigenvalue weighted by atomic mass is 9.78. The third-order valence-electron chi connectivity index (χ3n) is 2.86. The van der Waals surface area contributed by atoms with E-state index in [1.54, 1.807) is 0 Å². The van der Waals surface area contributed by atoms with Crippen LogP contribution in [0.3, 0.4) is 0 Å². The summed E-state index contributed by atoms with van der Waals surface area (Å²) < 4.78 is 0. The second kappa shape index (κ2) is 4.30. The van der Waals surface area contributed by atoms with Gasteiger partial charge in [0.15, 0.2) is 0 Å². The maximum Gasteiger partial charge on any atom is -0.0354 e. The van der Waals surface area contributed by atoms with E-state index in [1.165, 1.54) is 25.7 Å². The van der Waals surface area contributed by atoms with Crippen LogP contribution in [0.2, 0.25) is 0 Å². The zero-order valence-electron chi connectivity index (χ0n) is 8.48. The number of rotatable bonds is 0. The largest absolute Gasteiger partial charge is 0.0776 e. The first-order valence-corrected chi connectivity index (χ1v) is 4.99. The fourth-order valence-corrected chi connectivity index (χ4v) is 1.55. The summed E-state index contributed by atoms with van der Waals surface area (Å²) in [4.78, 5) is 0. The summed E-state index contributed by atoms with van der Waals surface area (Å²) in [6.07, 6.45) is 5.85. The molecular weight excluding hydrogens is 144 g/mol. The van der Waals surface area contributed by atoms with Gasteiger partial charge in [0, 0.05) is 0 Å². The third kappa shape index (κ3) is 4.79. The van der Waals surface area contributed by atoms with E-state index in [0.29, 0.717) is 0 Å². The molecule has 0 spiro atoms. The van der Waals surface area contributed by atoms with Gasteiger partial charge in [0.1, 0.15) is 0 Å². The molecule has 0 unspecified atom stereocenters. The van der Waals surface area contributed by atoms with Crippen LogP contribution >= 0.6 is 0 Å². The molecule has 0 aromatic carbocycles. The molecule has 0 radical (unpaired) electrons. The van der Waals surface area contributed by atoms with Gasteiger partial charge < -0.3 is 0 Å². The zero-order valence-corrected chi connectivity index (χ0v) is 8.48. The van der Waals surface area contributed by atoms with Crippen LogP contribution in [-0.2, 0) is 0 Å². The first-order chi connectivity index (χ1) is 4.99. The highest BCUT2D eigenvalue weighted by molar-refractivity contribution is 4.82. The average molecular weight is 170 g/mol. The zero-order chi connectivity index (χ0) is 8.48. The van der Waals surface area contributed by atoms with Crippen LogP contribution in [0.15, 0.2) is 0 Å². The average Bonchev–Trinajstić information content (AvgIpc) is 2.45. The van der Waals surface area contributed by atoms with E-state index < -0.39 is 0 Å². The van der Waals surface area contributed by atoms with Crippen molar-refractivity contribution in [3.05, 3.63) is 0 Å². The van der Waals surface area contributed by atoms with E-state index in [2.05, 4.69) is 27.7 Å². The lowest BCUT2D eigenvalue weighted by Crippen LogP contribution is -2.16. The van der Waals surface area contributed by atoms with Crippen molar-refractivity contribution in [2.45, 2.75) is 60.8 Å². The van der Waals surface area contributed by atoms with Gasteiger partial charge in [-0.15, -0.1) is 0 Å². The Labute approximate surface area is 78.8 Å². The molecule has 0 bridgehead atoms. The van der Waals surface area contributed by atoms with Crippen LogP contribution in [0, 0.1) is 17.3 Å². The van der Waals surface area contributed by atoms with Crippen LogP contribution < -0.4 is 0 Å². The van der Waals surface area contributed by atoms with Gasteiger partial charge in [0.25, 0.3) is 0 Å². The summed E-state index contributed by atoms with van der Waals surface area (Å²) in [6.45, 7) is 9.24. The molecule has 74 valence electrons. The maximum atomic E-state index is 2.32. The molecular formula is C12H26. The molecule has 2 fully saturated rings. The molecule has 0 amide bonds. The quantitative estimate of drug-likeness (QED) is 0.502. The van der Waals surface area contributed by atoms with Crippen molar-refractivity contribution in [3.63, 3.8) is 0 Å². The Morgan fingerprint density at radius 2 is 1.17 bits per heavy atom. The molecule has 0 heterocycles. The Hall–Kier alpha value is 0. The van der Waals surface area contributed by atoms with Crippen LogP contribution in [0.1, 0.15) is 60.8 Å². The number of hydrogen-bond donors (Lipinski definition) is 0. The highest BCUT2D eigenvalue weighted by atomic mass is 14.4. The molecule has 2 rings (SSSR count). The van der Waals surface area contributed by atoms with Crippen molar-refractivity contribution in [3.8, 4) is 0 Å². The van der Waals surface area contributed by atoms with E-state index >= 15 is 0 Å². The lowest BCUT2D eigenvalue weighted by molar-refractivity contribution is 0.233. The Kier molecular flexibility index (Phi) is 4.30. The summed E-state index contributed by atoms with van der Waals surface area (Å²) in [5.74, 6) is 2.08. The molecule has 2 aliphatic carbocycles. The van der Waals surface area contributed by atoms with Crippen molar-refractivity contribution in [2.75, 3.05) is 0 Å². The van der Waals surface area contributed by atoms with Crippen molar-refractivity contribution in [2.24, 2.45) is 17.3 Å². The minimum absolute atomic E-state index is 0. The first kappa shape index (κ1) is 12.0. The van der Waals surface area contributed by atoms with Crippen LogP contribution in [0.5, 0.6) is 0 Å². The predicted molar refractivity (Wildman–Crippen MR) is 57.3 cm³/mol. The molecule has 2 saturated carbocycles. The van der Waals surface area contributed by atoms with Gasteiger partial charge in [0.2, 0.25) is 0 Å². The predicted octanol–water partition coefficient (Wildman–Crippen LogP) is 4.49. The van der Waals surface area contributed by atoms with Crippen LogP contribution in [0.25, 0.3) is 0 Å². The lowest BCUT2D eigenvalue weighted by Gasteiger charge is -2.28. The molecule has 0 N–H and O–H groups in total. The second-order valence-electron chi connectivity index (χ2n) is 5.35. The van der Waals surface area contributed by atoms with E-state index in [1.807, 2.05) is 0 Å². The van der Waals surface area contributed by atoms with Crippen LogP contribution in [0.4, 0.5) is 0 Å². The summed E-state index contributed by atoms with van der Waals surface area (Å²) in [6, 6.07) is 0. The molecule has 0 aromatic heterocycles. The van der Waals surface area contributed by atoms with Gasteiger partial charge in [-0.25, -0.2) is 0 Å². The van der Waals surface area contributed by atoms with Gasteiger partial charge in [0.05, 0.1) is 0 Å². The highest BCUT2D eigenvalue weighted by Crippen LogP contribution is 2.43. The van der Waals surface area contributed by atoms with Crippen molar-refractivity contribution >= 4 is 0 Å². The van der Waals surface area contributed by atoms with Crippen molar-refractivity contribution < 1.29 is 0 Å². The third-order valence-corrected chi connectivity index (χ3v) is 2.86. The smallest absolute Gasteiger partial charge is 0.0354 e. The first-order valence-electron chi connectivity index (χ1n) is 4.99. The SMILES string of the molecule is C.CC1(C)CC1.CC1CC(C)C1. The minimum Gasteiger partial charge on any atom is -0.0776 e. The molecule has 0 aromatic rings. The molecule has 0 nitrogen and oxygen atoms in total. The summed E-state index contributed by atoms with van der Waals surface area (Å²) in [7, 11) is 0. The van der Waals surface area contributed by atoms with Crippen LogP contribution in [-0.4, -0.2) is 0 Å². The van der Waals surface area contributed by atoms with Gasteiger partial charge in [-0.2, -0.15) is 0 Å². The fraction of sp³-hybridized carbons (Fsp3) is 1.00. The Balaban J connectivity index is 0.000000189. The van der Waals surface area contributed by atoms with Crippen molar-refractivity contribution in [1.82, 2.24) is 0 Å². The second-order valence-corrected chi connectivity index (χ2v) is 5.35. The minimum atomic E-state index is 0. The summed E-state index contributed by atoms with van der Waals surface area (Å²) in [5.41, 5.74) is 0.750. The molecule has 0 heteroatoms. The van der Waals surface area contributed by atoms with Crippen molar-refractivity contribution in [1.29, 1.82) is 0 Å². The molecule has 12 heavy (non-hydrogen) atoms. The molecule has 0 atom stereocenters. The maximum absolute atomic E-state index is 2.32. The highest BCUT2D eigenvalue weighted by Gasteiger charge is 2.30. The Bertz CT molecular complexity index is 106. The number of hydrogen-bond acceptors (Lipinski definition) is 0. The standard InChI is InChI=1S/C6H12.C5H10.CH4/c1-5-3-6(2)4-5;1-5(2)3-4-5;/h5-6H,3-4H2,1-2H3;3-4H2,1-2H3;1H4. The summed E-state index contributed by atoms with van der Waals surface area (Å²) >= 11 is 0. The monoisotopic (exact) mass is 170 g/mol. The van der Waals surface area contributed by atoms with E-state index in [4.69, 9.17) is 0 Å². The topological polar surface area (TPSA) is 0 Å². The molecule has 0 saturated heterocycles. The Morgan fingerprint density at radius 3 is 1.17 bits per heavy atom. The van der Waals surface area contributed by atoms with Gasteiger partial charge in [-0.3, -0.25) is 0 Å². The van der Waals surface area contributed by atoms with E-state index in [9.17, 15) is 0 Å². The van der Waals surface area contributed by atoms with Gasteiger partial charge >= 0.3 is 0 Å². The Morgan fingerprint density at radius 1 is 0.917 bits per heavy atom. The van der Waals surface area contributed by atoms with E-state index in [-0.39, 0.29) is 7.43 Å². The molecule has 2 aliphatic rings. The van der Waals surface area contributed by atoms with E-state index in [0.717, 1.165) is 17.3 Å². The van der Waals surface area contributed by atoms with Gasteiger partial charge in [-0.1, -0.05) is 35.1 Å². The van der Waals surface area contributed by atoms with Gasteiger partial charge in [-0.05, 0) is 42.9 Å². The fourth-order valence-electron chi connectivity index (χ4n) is 1.55. The summed E-state index contributed by atoms with van der Waals surface area (Å²) in [5, 5.41) is 0. The molecule has 0 aliphatic heterocycles. The normalized spacial score (nSPS) is 35.0.